The Balaban J connectivity index is 2.25. The zero-order chi connectivity index (χ0) is 9.80. The average Bonchev–Trinajstić information content (AvgIpc) is 2.68. The fraction of sp³-hybridized carbons (Fsp3) is 0.182. The molecule has 2 rings (SSSR count). The van der Waals surface area contributed by atoms with Crippen LogP contribution >= 0.6 is 11.3 Å². The van der Waals surface area contributed by atoms with Crippen molar-refractivity contribution >= 4 is 16.3 Å². The number of hydrogen-bond donors (Lipinski definition) is 1. The van der Waals surface area contributed by atoms with Crippen LogP contribution in [0.1, 0.15) is 6.92 Å². The first kappa shape index (κ1) is 9.21. The molecule has 3 heteroatoms. The first-order chi connectivity index (χ1) is 6.90. The molecule has 0 spiro atoms. The summed E-state index contributed by atoms with van der Waals surface area (Å²) in [6, 6.07) is 10.2. The van der Waals surface area contributed by atoms with Crippen molar-refractivity contribution in [2.45, 2.75) is 6.92 Å². The molecular formula is C11H12N2S. The lowest BCUT2D eigenvalue weighted by Crippen LogP contribution is -1.92. The first-order valence-corrected chi connectivity index (χ1v) is 5.47. The van der Waals surface area contributed by atoms with Gasteiger partial charge in [-0.1, -0.05) is 41.7 Å². The highest BCUT2D eigenvalue weighted by Crippen LogP contribution is 2.27. The summed E-state index contributed by atoms with van der Waals surface area (Å²) in [5, 5.41) is 5.46. The molecule has 1 N–H and O–H groups in total. The lowest BCUT2D eigenvalue weighted by molar-refractivity contribution is 1.22. The molecule has 0 fully saturated rings. The van der Waals surface area contributed by atoms with Crippen molar-refractivity contribution in [3.63, 3.8) is 0 Å². The van der Waals surface area contributed by atoms with E-state index in [0.717, 1.165) is 16.6 Å². The number of anilines is 1. The van der Waals surface area contributed by atoms with Gasteiger partial charge < -0.3 is 5.32 Å². The third kappa shape index (κ3) is 1.93. The zero-order valence-corrected chi connectivity index (χ0v) is 8.84. The Morgan fingerprint density at radius 2 is 2.07 bits per heavy atom. The summed E-state index contributed by atoms with van der Waals surface area (Å²) in [4.78, 5) is 4.36. The van der Waals surface area contributed by atoms with E-state index in [1.807, 2.05) is 24.4 Å². The van der Waals surface area contributed by atoms with Crippen molar-refractivity contribution in [2.75, 3.05) is 11.9 Å². The van der Waals surface area contributed by atoms with E-state index >= 15 is 0 Å². The Morgan fingerprint density at radius 1 is 1.29 bits per heavy atom. The maximum absolute atomic E-state index is 4.36. The second-order valence-corrected chi connectivity index (χ2v) is 3.96. The molecule has 2 aromatic rings. The van der Waals surface area contributed by atoms with E-state index in [0.29, 0.717) is 0 Å². The van der Waals surface area contributed by atoms with Gasteiger partial charge in [-0.05, 0) is 6.92 Å². The molecule has 2 nitrogen and oxygen atoms in total. The Hall–Kier alpha value is -1.35. The Morgan fingerprint density at radius 3 is 2.79 bits per heavy atom. The molecule has 1 aromatic heterocycles. The van der Waals surface area contributed by atoms with E-state index < -0.39 is 0 Å². The highest BCUT2D eigenvalue weighted by Gasteiger charge is 2.02. The quantitative estimate of drug-likeness (QED) is 0.830. The molecule has 0 aliphatic heterocycles. The summed E-state index contributed by atoms with van der Waals surface area (Å²) in [5.41, 5.74) is 1.18. The van der Waals surface area contributed by atoms with Crippen molar-refractivity contribution in [2.24, 2.45) is 0 Å². The lowest BCUT2D eigenvalue weighted by atomic mass is 10.2. The smallest absolute Gasteiger partial charge is 0.125 e. The number of benzene rings is 1. The predicted molar refractivity (Wildman–Crippen MR) is 61.7 cm³/mol. The van der Waals surface area contributed by atoms with Crippen LogP contribution in [0.15, 0.2) is 36.5 Å². The molecule has 0 saturated carbocycles. The standard InChI is InChI=1S/C11H12N2S/c1-2-12-10-8-13-11(14-10)9-6-4-3-5-7-9/h3-8,12H,2H2,1H3. The monoisotopic (exact) mass is 204 g/mol. The molecule has 0 unspecified atom stereocenters. The number of thiazole rings is 1. The van der Waals surface area contributed by atoms with Gasteiger partial charge in [-0.3, -0.25) is 0 Å². The molecule has 0 saturated heterocycles. The molecule has 0 bridgehead atoms. The molecular weight excluding hydrogens is 192 g/mol. The maximum Gasteiger partial charge on any atom is 0.125 e. The second-order valence-electron chi connectivity index (χ2n) is 2.93. The third-order valence-electron chi connectivity index (χ3n) is 1.88. The summed E-state index contributed by atoms with van der Waals surface area (Å²) in [7, 11) is 0. The van der Waals surface area contributed by atoms with Crippen LogP contribution in [-0.4, -0.2) is 11.5 Å². The van der Waals surface area contributed by atoms with Crippen LogP contribution in [0, 0.1) is 0 Å². The summed E-state index contributed by atoms with van der Waals surface area (Å²) < 4.78 is 0. The fourth-order valence-corrected chi connectivity index (χ4v) is 2.13. The number of rotatable bonds is 3. The Kier molecular flexibility index (Phi) is 2.79. The SMILES string of the molecule is CCNc1cnc(-c2ccccc2)s1. The van der Waals surface area contributed by atoms with E-state index in [4.69, 9.17) is 0 Å². The van der Waals surface area contributed by atoms with Gasteiger partial charge in [-0.15, -0.1) is 0 Å². The first-order valence-electron chi connectivity index (χ1n) is 4.65. The molecule has 0 atom stereocenters. The predicted octanol–water partition coefficient (Wildman–Crippen LogP) is 3.24. The van der Waals surface area contributed by atoms with Crippen LogP contribution in [0.2, 0.25) is 0 Å². The van der Waals surface area contributed by atoms with Gasteiger partial charge >= 0.3 is 0 Å². The van der Waals surface area contributed by atoms with Crippen LogP contribution in [0.3, 0.4) is 0 Å². The second kappa shape index (κ2) is 4.24. The number of hydrogen-bond acceptors (Lipinski definition) is 3. The lowest BCUT2D eigenvalue weighted by Gasteiger charge is -1.95. The molecule has 0 aliphatic rings. The largest absolute Gasteiger partial charge is 0.376 e. The molecule has 0 amide bonds. The third-order valence-corrected chi connectivity index (χ3v) is 2.88. The number of nitrogens with one attached hydrogen (secondary N) is 1. The minimum absolute atomic E-state index is 0.941. The molecule has 72 valence electrons. The van der Waals surface area contributed by atoms with Crippen molar-refractivity contribution in [3.8, 4) is 10.6 Å². The van der Waals surface area contributed by atoms with Gasteiger partial charge in [0.05, 0.1) is 6.20 Å². The Labute approximate surface area is 87.6 Å². The summed E-state index contributed by atoms with van der Waals surface area (Å²) >= 11 is 1.69. The minimum Gasteiger partial charge on any atom is -0.376 e. The molecule has 1 aromatic carbocycles. The fourth-order valence-electron chi connectivity index (χ4n) is 1.24. The normalized spacial score (nSPS) is 10.1. The molecule has 14 heavy (non-hydrogen) atoms. The van der Waals surface area contributed by atoms with Crippen LogP contribution in [0.5, 0.6) is 0 Å². The Bertz CT molecular complexity index is 395. The molecule has 0 radical (unpaired) electrons. The van der Waals surface area contributed by atoms with E-state index in [1.165, 1.54) is 5.56 Å². The zero-order valence-electron chi connectivity index (χ0n) is 8.03. The average molecular weight is 204 g/mol. The van der Waals surface area contributed by atoms with Crippen molar-refractivity contribution < 1.29 is 0 Å². The minimum atomic E-state index is 0.941. The highest BCUT2D eigenvalue weighted by molar-refractivity contribution is 7.18. The summed E-state index contributed by atoms with van der Waals surface area (Å²) in [6.45, 7) is 3.03. The van der Waals surface area contributed by atoms with Crippen molar-refractivity contribution in [1.29, 1.82) is 0 Å². The highest BCUT2D eigenvalue weighted by atomic mass is 32.1. The van der Waals surface area contributed by atoms with E-state index in [1.54, 1.807) is 11.3 Å². The number of aromatic nitrogens is 1. The van der Waals surface area contributed by atoms with Crippen molar-refractivity contribution in [1.82, 2.24) is 4.98 Å². The van der Waals surface area contributed by atoms with Gasteiger partial charge in [-0.2, -0.15) is 0 Å². The van der Waals surface area contributed by atoms with Crippen LogP contribution in [0.4, 0.5) is 5.00 Å². The van der Waals surface area contributed by atoms with Gasteiger partial charge in [0.15, 0.2) is 0 Å². The van der Waals surface area contributed by atoms with Crippen molar-refractivity contribution in [3.05, 3.63) is 36.5 Å². The summed E-state index contributed by atoms with van der Waals surface area (Å²) in [6.07, 6.45) is 1.89. The molecule has 1 heterocycles. The van der Waals surface area contributed by atoms with Gasteiger partial charge in [-0.25, -0.2) is 4.98 Å². The number of nitrogens with zero attached hydrogens (tertiary/aromatic N) is 1. The van der Waals surface area contributed by atoms with Gasteiger partial charge in [0.2, 0.25) is 0 Å². The van der Waals surface area contributed by atoms with Crippen LogP contribution < -0.4 is 5.32 Å². The maximum atomic E-state index is 4.36. The van der Waals surface area contributed by atoms with E-state index in [-0.39, 0.29) is 0 Å². The van der Waals surface area contributed by atoms with Gasteiger partial charge in [0.1, 0.15) is 10.0 Å². The van der Waals surface area contributed by atoms with Crippen LogP contribution in [0.25, 0.3) is 10.6 Å². The van der Waals surface area contributed by atoms with Crippen LogP contribution in [-0.2, 0) is 0 Å². The van der Waals surface area contributed by atoms with Gasteiger partial charge in [0, 0.05) is 12.1 Å². The molecule has 0 aliphatic carbocycles. The van der Waals surface area contributed by atoms with E-state index in [9.17, 15) is 0 Å². The van der Waals surface area contributed by atoms with Gasteiger partial charge in [0.25, 0.3) is 0 Å². The van der Waals surface area contributed by atoms with E-state index in [2.05, 4.69) is 29.4 Å². The summed E-state index contributed by atoms with van der Waals surface area (Å²) in [5.74, 6) is 0. The topological polar surface area (TPSA) is 24.9 Å².